The Morgan fingerprint density at radius 3 is 2.18 bits per heavy atom. The first kappa shape index (κ1) is 10.9. The van der Waals surface area contributed by atoms with Crippen molar-refractivity contribution in [3.63, 3.8) is 0 Å². The van der Waals surface area contributed by atoms with E-state index in [0.29, 0.717) is 17.9 Å². The van der Waals surface area contributed by atoms with Crippen molar-refractivity contribution < 1.29 is 0 Å². The molecule has 0 heterocycles. The lowest BCUT2D eigenvalue weighted by atomic mass is 9.90. The lowest BCUT2D eigenvalue weighted by Crippen LogP contribution is -2.29. The molecule has 0 saturated carbocycles. The molecule has 0 rings (SSSR count). The predicted octanol–water partition coefficient (Wildman–Crippen LogP) is 1.34. The van der Waals surface area contributed by atoms with Gasteiger partial charge in [-0.15, -0.1) is 0 Å². The van der Waals surface area contributed by atoms with Crippen molar-refractivity contribution in [3.8, 4) is 0 Å². The average molecular weight is 158 g/mol. The van der Waals surface area contributed by atoms with Crippen molar-refractivity contribution in [1.29, 1.82) is 0 Å². The summed E-state index contributed by atoms with van der Waals surface area (Å²) in [7, 11) is 0. The largest absolute Gasteiger partial charge is 0.330 e. The maximum absolute atomic E-state index is 5.88. The summed E-state index contributed by atoms with van der Waals surface area (Å²) >= 11 is 0. The Hall–Kier alpha value is -0.0800. The molecule has 0 fully saturated rings. The molecular weight excluding hydrogens is 136 g/mol. The molecule has 0 bridgehead atoms. The molecule has 2 heteroatoms. The van der Waals surface area contributed by atoms with Crippen molar-refractivity contribution in [1.82, 2.24) is 0 Å². The first-order chi connectivity index (χ1) is 5.11. The fourth-order valence-electron chi connectivity index (χ4n) is 1.31. The van der Waals surface area contributed by atoms with Crippen molar-refractivity contribution in [3.05, 3.63) is 0 Å². The van der Waals surface area contributed by atoms with Crippen LogP contribution in [0.1, 0.15) is 33.6 Å². The molecular formula is C9H22N2. The maximum atomic E-state index is 5.88. The van der Waals surface area contributed by atoms with Gasteiger partial charge in [-0.25, -0.2) is 0 Å². The van der Waals surface area contributed by atoms with Crippen LogP contribution in [0.4, 0.5) is 0 Å². The molecule has 0 saturated heterocycles. The van der Waals surface area contributed by atoms with Crippen LogP contribution >= 0.6 is 0 Å². The lowest BCUT2D eigenvalue weighted by molar-refractivity contribution is 0.356. The minimum absolute atomic E-state index is 0.351. The van der Waals surface area contributed by atoms with Gasteiger partial charge in [-0.05, 0) is 31.2 Å². The summed E-state index contributed by atoms with van der Waals surface area (Å²) in [6.07, 6.45) is 2.23. The van der Waals surface area contributed by atoms with Gasteiger partial charge in [-0.2, -0.15) is 0 Å². The molecule has 0 aliphatic carbocycles. The Bertz CT molecular complexity index is 93.6. The van der Waals surface area contributed by atoms with E-state index < -0.39 is 0 Å². The van der Waals surface area contributed by atoms with Gasteiger partial charge in [0, 0.05) is 6.04 Å². The third kappa shape index (κ3) is 4.38. The second kappa shape index (κ2) is 5.56. The van der Waals surface area contributed by atoms with Gasteiger partial charge in [-0.1, -0.05) is 20.8 Å². The van der Waals surface area contributed by atoms with Crippen LogP contribution in [0.15, 0.2) is 0 Å². The Labute approximate surface area is 70.3 Å². The van der Waals surface area contributed by atoms with Crippen molar-refractivity contribution >= 4 is 0 Å². The van der Waals surface area contributed by atoms with E-state index in [2.05, 4.69) is 20.8 Å². The molecule has 0 spiro atoms. The van der Waals surface area contributed by atoms with Crippen molar-refractivity contribution in [2.75, 3.05) is 6.54 Å². The first-order valence-electron chi connectivity index (χ1n) is 4.57. The van der Waals surface area contributed by atoms with Gasteiger partial charge in [0.1, 0.15) is 0 Å². The zero-order valence-corrected chi connectivity index (χ0v) is 8.01. The summed E-state index contributed by atoms with van der Waals surface area (Å²) < 4.78 is 0. The van der Waals surface area contributed by atoms with Crippen LogP contribution in [-0.4, -0.2) is 12.6 Å². The maximum Gasteiger partial charge on any atom is 0.00620 e. The van der Waals surface area contributed by atoms with Crippen LogP contribution < -0.4 is 11.5 Å². The van der Waals surface area contributed by atoms with Crippen LogP contribution in [-0.2, 0) is 0 Å². The number of hydrogen-bond donors (Lipinski definition) is 2. The van der Waals surface area contributed by atoms with Gasteiger partial charge in [-0.3, -0.25) is 0 Å². The summed E-state index contributed by atoms with van der Waals surface area (Å²) in [4.78, 5) is 0. The quantitative estimate of drug-likeness (QED) is 0.634. The Morgan fingerprint density at radius 2 is 1.82 bits per heavy atom. The van der Waals surface area contributed by atoms with E-state index in [0.717, 1.165) is 19.4 Å². The fraction of sp³-hybridized carbons (Fsp3) is 1.00. The van der Waals surface area contributed by atoms with E-state index in [1.165, 1.54) is 0 Å². The number of hydrogen-bond acceptors (Lipinski definition) is 2. The fourth-order valence-corrected chi connectivity index (χ4v) is 1.31. The highest BCUT2D eigenvalue weighted by Gasteiger charge is 2.12. The molecule has 0 aromatic rings. The molecule has 4 N–H and O–H groups in total. The zero-order chi connectivity index (χ0) is 8.85. The average Bonchev–Trinajstić information content (AvgIpc) is 2.02. The van der Waals surface area contributed by atoms with Gasteiger partial charge in [0.15, 0.2) is 0 Å². The third-order valence-corrected chi connectivity index (χ3v) is 2.38. The highest BCUT2D eigenvalue weighted by molar-refractivity contribution is 4.69. The van der Waals surface area contributed by atoms with E-state index in [1.54, 1.807) is 0 Å². The number of nitrogens with two attached hydrogens (primary N) is 2. The van der Waals surface area contributed by atoms with Gasteiger partial charge in [0.05, 0.1) is 0 Å². The van der Waals surface area contributed by atoms with Crippen LogP contribution in [0.25, 0.3) is 0 Å². The molecule has 0 aromatic carbocycles. The summed E-state index contributed by atoms with van der Waals surface area (Å²) in [5.41, 5.74) is 11.4. The minimum atomic E-state index is 0.351. The summed E-state index contributed by atoms with van der Waals surface area (Å²) in [6, 6.07) is 0.351. The highest BCUT2D eigenvalue weighted by atomic mass is 14.6. The molecule has 0 amide bonds. The molecule has 3 atom stereocenters. The lowest BCUT2D eigenvalue weighted by Gasteiger charge is -2.20. The molecule has 68 valence electrons. The molecule has 11 heavy (non-hydrogen) atoms. The molecule has 0 aliphatic heterocycles. The highest BCUT2D eigenvalue weighted by Crippen LogP contribution is 2.14. The molecule has 0 aromatic heterocycles. The second-order valence-corrected chi connectivity index (χ2v) is 3.63. The van der Waals surface area contributed by atoms with Gasteiger partial charge < -0.3 is 11.5 Å². The summed E-state index contributed by atoms with van der Waals surface area (Å²) in [6.45, 7) is 7.30. The zero-order valence-electron chi connectivity index (χ0n) is 8.01. The summed E-state index contributed by atoms with van der Waals surface area (Å²) in [5, 5.41) is 0. The Morgan fingerprint density at radius 1 is 1.27 bits per heavy atom. The third-order valence-electron chi connectivity index (χ3n) is 2.38. The molecule has 2 nitrogen and oxygen atoms in total. The van der Waals surface area contributed by atoms with E-state index in [1.807, 2.05) is 0 Å². The van der Waals surface area contributed by atoms with E-state index >= 15 is 0 Å². The van der Waals surface area contributed by atoms with Crippen molar-refractivity contribution in [2.45, 2.75) is 39.7 Å². The predicted molar refractivity (Wildman–Crippen MR) is 50.3 cm³/mol. The van der Waals surface area contributed by atoms with Gasteiger partial charge in [0.2, 0.25) is 0 Å². The summed E-state index contributed by atoms with van der Waals surface area (Å²) in [5.74, 6) is 1.22. The minimum Gasteiger partial charge on any atom is -0.330 e. The number of rotatable bonds is 5. The van der Waals surface area contributed by atoms with Gasteiger partial charge >= 0.3 is 0 Å². The smallest absolute Gasteiger partial charge is 0.00620 e. The Balaban J connectivity index is 3.58. The molecule has 0 aliphatic rings. The van der Waals surface area contributed by atoms with E-state index in [9.17, 15) is 0 Å². The van der Waals surface area contributed by atoms with E-state index in [4.69, 9.17) is 11.5 Å². The van der Waals surface area contributed by atoms with Crippen molar-refractivity contribution in [2.24, 2.45) is 23.3 Å². The Kier molecular flexibility index (Phi) is 5.51. The second-order valence-electron chi connectivity index (χ2n) is 3.63. The van der Waals surface area contributed by atoms with Crippen LogP contribution in [0.5, 0.6) is 0 Å². The first-order valence-corrected chi connectivity index (χ1v) is 4.57. The normalized spacial score (nSPS) is 19.4. The molecule has 3 unspecified atom stereocenters. The SMILES string of the molecule is CCC(N)C(C)CC(C)CN. The topological polar surface area (TPSA) is 52.0 Å². The van der Waals surface area contributed by atoms with E-state index in [-0.39, 0.29) is 0 Å². The standard InChI is InChI=1S/C9H22N2/c1-4-9(11)8(3)5-7(2)6-10/h7-9H,4-6,10-11H2,1-3H3. The van der Waals surface area contributed by atoms with Crippen LogP contribution in [0.3, 0.4) is 0 Å². The molecule has 0 radical (unpaired) electrons. The van der Waals surface area contributed by atoms with Crippen LogP contribution in [0, 0.1) is 11.8 Å². The monoisotopic (exact) mass is 158 g/mol. The van der Waals surface area contributed by atoms with Crippen LogP contribution in [0.2, 0.25) is 0 Å². The van der Waals surface area contributed by atoms with Gasteiger partial charge in [0.25, 0.3) is 0 Å².